The minimum absolute atomic E-state index is 0.0194. The number of aliphatic hydroxyl groups excluding tert-OH is 1. The van der Waals surface area contributed by atoms with Gasteiger partial charge in [-0.1, -0.05) is 0 Å². The normalized spacial score (nSPS) is 17.4. The van der Waals surface area contributed by atoms with Gasteiger partial charge in [-0.3, -0.25) is 9.59 Å². The van der Waals surface area contributed by atoms with Crippen molar-refractivity contribution >= 4 is 17.4 Å². The molecule has 1 N–H and O–H groups in total. The number of carbonyl (C=O) groups excluding carboxylic acids is 2. The fourth-order valence-corrected chi connectivity index (χ4v) is 4.23. The number of amides is 1. The molecule has 1 aliphatic rings. The molecule has 1 amide bonds. The predicted octanol–water partition coefficient (Wildman–Crippen LogP) is 3.39. The Morgan fingerprint density at radius 3 is 2.26 bits per heavy atom. The van der Waals surface area contributed by atoms with Gasteiger partial charge in [-0.2, -0.15) is 0 Å². The zero-order chi connectivity index (χ0) is 25.0. The van der Waals surface area contributed by atoms with Gasteiger partial charge in [0.2, 0.25) is 0 Å². The second-order valence-corrected chi connectivity index (χ2v) is 8.44. The van der Waals surface area contributed by atoms with Crippen molar-refractivity contribution in [2.24, 2.45) is 0 Å². The lowest BCUT2D eigenvalue weighted by Crippen LogP contribution is -2.32. The summed E-state index contributed by atoms with van der Waals surface area (Å²) in [6.07, 6.45) is 0.657. The molecule has 3 rings (SSSR count). The molecule has 0 aliphatic carbocycles. The lowest BCUT2D eigenvalue weighted by Gasteiger charge is -2.27. The third-order valence-electron chi connectivity index (χ3n) is 5.94. The summed E-state index contributed by atoms with van der Waals surface area (Å²) in [6, 6.07) is 9.50. The summed E-state index contributed by atoms with van der Waals surface area (Å²) >= 11 is 0. The highest BCUT2D eigenvalue weighted by atomic mass is 16.5. The number of Topliss-reactive ketones (excluding diaryl/α,β-unsaturated/α-hetero) is 1. The quantitative estimate of drug-likeness (QED) is 0.343. The highest BCUT2D eigenvalue weighted by molar-refractivity contribution is 6.46. The average molecular weight is 469 g/mol. The number of ketones is 1. The van der Waals surface area contributed by atoms with E-state index in [-0.39, 0.29) is 11.3 Å². The second kappa shape index (κ2) is 10.6. The van der Waals surface area contributed by atoms with Gasteiger partial charge in [-0.05, 0) is 75.9 Å². The van der Waals surface area contributed by atoms with Crippen molar-refractivity contribution in [2.45, 2.75) is 19.4 Å². The molecule has 182 valence electrons. The first-order valence-corrected chi connectivity index (χ1v) is 11.0. The molecule has 34 heavy (non-hydrogen) atoms. The molecule has 0 spiro atoms. The lowest BCUT2D eigenvalue weighted by molar-refractivity contribution is -0.140. The van der Waals surface area contributed by atoms with E-state index in [0.717, 1.165) is 12.1 Å². The van der Waals surface area contributed by atoms with Crippen molar-refractivity contribution in [3.05, 3.63) is 58.7 Å². The highest BCUT2D eigenvalue weighted by Gasteiger charge is 2.47. The minimum Gasteiger partial charge on any atom is -0.507 e. The number of aryl methyl sites for hydroxylation is 1. The van der Waals surface area contributed by atoms with Crippen LogP contribution >= 0.6 is 0 Å². The van der Waals surface area contributed by atoms with E-state index >= 15 is 0 Å². The number of hydrogen-bond donors (Lipinski definition) is 1. The molecule has 0 radical (unpaired) electrons. The Morgan fingerprint density at radius 1 is 1.00 bits per heavy atom. The van der Waals surface area contributed by atoms with Crippen LogP contribution in [0.15, 0.2) is 42.0 Å². The maximum absolute atomic E-state index is 13.3. The molecule has 8 heteroatoms. The summed E-state index contributed by atoms with van der Waals surface area (Å²) in [5.74, 6) is 0.0731. The molecular weight excluding hydrogens is 436 g/mol. The fraction of sp³-hybridized carbons (Fsp3) is 0.385. The third kappa shape index (κ3) is 4.87. The molecule has 0 saturated carbocycles. The van der Waals surface area contributed by atoms with Crippen LogP contribution in [0.4, 0.5) is 0 Å². The molecule has 1 saturated heterocycles. The highest BCUT2D eigenvalue weighted by Crippen LogP contribution is 2.44. The SMILES string of the molecule is COc1ccc(OC)c(C2C(=C(O)c3ccc(OC)c(C)c3)C(=O)C(=O)N2CCCN(C)C)c1. The Labute approximate surface area is 200 Å². The Hall–Kier alpha value is -3.52. The molecule has 1 atom stereocenters. The zero-order valence-corrected chi connectivity index (χ0v) is 20.5. The van der Waals surface area contributed by atoms with Crippen LogP contribution in [-0.2, 0) is 9.59 Å². The molecule has 0 bridgehead atoms. The molecule has 0 aromatic heterocycles. The van der Waals surface area contributed by atoms with E-state index in [9.17, 15) is 14.7 Å². The number of benzene rings is 2. The van der Waals surface area contributed by atoms with Crippen LogP contribution in [0.25, 0.3) is 5.76 Å². The van der Waals surface area contributed by atoms with Gasteiger partial charge in [0.1, 0.15) is 23.0 Å². The Kier molecular flexibility index (Phi) is 7.83. The van der Waals surface area contributed by atoms with Crippen molar-refractivity contribution in [1.29, 1.82) is 0 Å². The maximum atomic E-state index is 13.3. The number of rotatable bonds is 9. The van der Waals surface area contributed by atoms with Gasteiger partial charge >= 0.3 is 0 Å². The summed E-state index contributed by atoms with van der Waals surface area (Å²) in [6.45, 7) is 2.92. The molecule has 1 fully saturated rings. The maximum Gasteiger partial charge on any atom is 0.295 e. The van der Waals surface area contributed by atoms with Crippen molar-refractivity contribution < 1.29 is 28.9 Å². The molecule has 1 unspecified atom stereocenters. The largest absolute Gasteiger partial charge is 0.507 e. The Morgan fingerprint density at radius 2 is 1.68 bits per heavy atom. The average Bonchev–Trinajstić information content (AvgIpc) is 3.07. The number of hydrogen-bond acceptors (Lipinski definition) is 7. The van der Waals surface area contributed by atoms with E-state index in [1.54, 1.807) is 50.6 Å². The van der Waals surface area contributed by atoms with Crippen LogP contribution in [0.5, 0.6) is 17.2 Å². The van der Waals surface area contributed by atoms with Crippen LogP contribution < -0.4 is 14.2 Å². The van der Waals surface area contributed by atoms with Crippen molar-refractivity contribution in [1.82, 2.24) is 9.80 Å². The van der Waals surface area contributed by atoms with Crippen molar-refractivity contribution in [2.75, 3.05) is 48.5 Å². The van der Waals surface area contributed by atoms with Gasteiger partial charge in [0.05, 0.1) is 32.9 Å². The molecule has 2 aromatic rings. The van der Waals surface area contributed by atoms with Gasteiger partial charge in [0, 0.05) is 17.7 Å². The van der Waals surface area contributed by atoms with Crippen LogP contribution in [0.1, 0.15) is 29.2 Å². The van der Waals surface area contributed by atoms with Crippen molar-refractivity contribution in [3.63, 3.8) is 0 Å². The molecular formula is C26H32N2O6. The number of likely N-dealkylation sites (tertiary alicyclic amines) is 1. The zero-order valence-electron chi connectivity index (χ0n) is 20.5. The Bertz CT molecular complexity index is 1110. The number of ether oxygens (including phenoxy) is 3. The number of nitrogens with zero attached hydrogens (tertiary/aromatic N) is 2. The first-order valence-electron chi connectivity index (χ1n) is 11.0. The Balaban J connectivity index is 2.20. The monoisotopic (exact) mass is 468 g/mol. The second-order valence-electron chi connectivity index (χ2n) is 8.44. The van der Waals surface area contributed by atoms with Crippen LogP contribution in [0.3, 0.4) is 0 Å². The van der Waals surface area contributed by atoms with Crippen LogP contribution in [-0.4, -0.2) is 75.1 Å². The summed E-state index contributed by atoms with van der Waals surface area (Å²) in [4.78, 5) is 29.9. The summed E-state index contributed by atoms with van der Waals surface area (Å²) in [7, 11) is 8.53. The standard InChI is InChI=1S/C26H32N2O6/c1-16-14-17(8-10-20(16)33-5)24(29)22-23(19-15-18(32-4)9-11-21(19)34-6)28(26(31)25(22)30)13-7-12-27(2)3/h8-11,14-15,23,29H,7,12-13H2,1-6H3. The van der Waals surface area contributed by atoms with E-state index in [0.29, 0.717) is 41.3 Å². The summed E-state index contributed by atoms with van der Waals surface area (Å²) in [5, 5.41) is 11.3. The van der Waals surface area contributed by atoms with Gasteiger partial charge < -0.3 is 29.1 Å². The van der Waals surface area contributed by atoms with Gasteiger partial charge in [-0.15, -0.1) is 0 Å². The first kappa shape index (κ1) is 25.1. The molecule has 2 aromatic carbocycles. The van der Waals surface area contributed by atoms with E-state index in [1.165, 1.54) is 12.0 Å². The third-order valence-corrected chi connectivity index (χ3v) is 5.94. The summed E-state index contributed by atoms with van der Waals surface area (Å²) < 4.78 is 16.3. The molecule has 1 heterocycles. The van der Waals surface area contributed by atoms with Gasteiger partial charge in [0.25, 0.3) is 11.7 Å². The van der Waals surface area contributed by atoms with E-state index in [4.69, 9.17) is 14.2 Å². The smallest absolute Gasteiger partial charge is 0.295 e. The van der Waals surface area contributed by atoms with E-state index < -0.39 is 17.7 Å². The first-order chi connectivity index (χ1) is 16.2. The number of methoxy groups -OCH3 is 3. The predicted molar refractivity (Wildman–Crippen MR) is 129 cm³/mol. The molecule has 8 nitrogen and oxygen atoms in total. The lowest BCUT2D eigenvalue weighted by atomic mass is 9.94. The van der Waals surface area contributed by atoms with Gasteiger partial charge in [0.15, 0.2) is 0 Å². The fourth-order valence-electron chi connectivity index (χ4n) is 4.23. The van der Waals surface area contributed by atoms with Crippen molar-refractivity contribution in [3.8, 4) is 17.2 Å². The molecule has 1 aliphatic heterocycles. The van der Waals surface area contributed by atoms with Gasteiger partial charge in [-0.25, -0.2) is 0 Å². The number of carbonyl (C=O) groups is 2. The van der Waals surface area contributed by atoms with Crippen LogP contribution in [0, 0.1) is 6.92 Å². The van der Waals surface area contributed by atoms with E-state index in [2.05, 4.69) is 0 Å². The van der Waals surface area contributed by atoms with Crippen LogP contribution in [0.2, 0.25) is 0 Å². The topological polar surface area (TPSA) is 88.5 Å². The summed E-state index contributed by atoms with van der Waals surface area (Å²) in [5.41, 5.74) is 1.81. The number of aliphatic hydroxyl groups is 1. The van der Waals surface area contributed by atoms with E-state index in [1.807, 2.05) is 25.9 Å². The minimum atomic E-state index is -0.824.